The zero-order valence-corrected chi connectivity index (χ0v) is 8.35. The normalized spacial score (nSPS) is 4.00. The molecule has 0 aliphatic carbocycles. The van der Waals surface area contributed by atoms with Gasteiger partial charge in [0.25, 0.3) is 0 Å². The van der Waals surface area contributed by atoms with Gasteiger partial charge in [-0.15, -0.1) is 49.6 Å². The van der Waals surface area contributed by atoms with Crippen molar-refractivity contribution in [3.8, 4) is 0 Å². The minimum atomic E-state index is 0. The van der Waals surface area contributed by atoms with Gasteiger partial charge in [-0.1, -0.05) is 0 Å². The number of rotatable bonds is 0. The van der Waals surface area contributed by atoms with E-state index in [0.29, 0.717) is 0 Å². The Morgan fingerprint density at radius 2 is 0.667 bits per heavy atom. The molecular weight excluding hydrogens is 220 g/mol. The van der Waals surface area contributed by atoms with Gasteiger partial charge in [0.1, 0.15) is 0 Å². The van der Waals surface area contributed by atoms with Gasteiger partial charge >= 0.3 is 0 Å². The summed E-state index contributed by atoms with van der Waals surface area (Å²) in [7, 11) is 6.00. The van der Waals surface area contributed by atoms with E-state index in [-0.39, 0.29) is 60.6 Å². The molecule has 0 saturated carbocycles. The Balaban J connectivity index is -0.00000000450. The fraction of sp³-hybridized carbons (Fsp3) is 1.00. The largest absolute Gasteiger partial charge is 0.312 e. The number of hydrogen-bond donors (Lipinski definition) is 0. The summed E-state index contributed by atoms with van der Waals surface area (Å²) in [6, 6.07) is 0. The van der Waals surface area contributed by atoms with Crippen LogP contribution in [0.4, 0.5) is 0 Å². The van der Waals surface area contributed by atoms with Crippen LogP contribution >= 0.6 is 49.6 Å². The summed E-state index contributed by atoms with van der Waals surface area (Å²) >= 11 is 0. The maximum Gasteiger partial charge on any atom is -0.0140 e. The molecule has 0 amide bonds. The van der Waals surface area contributed by atoms with Crippen molar-refractivity contribution in [2.75, 3.05) is 21.1 Å². The molecule has 0 aliphatic rings. The van der Waals surface area contributed by atoms with E-state index in [0.717, 1.165) is 0 Å². The Hall–Kier alpha value is 1.34. The first-order valence-electron chi connectivity index (χ1n) is 1.34. The number of hydrogen-bond acceptors (Lipinski definition) is 1. The molecule has 9 heavy (non-hydrogen) atoms. The lowest BCUT2D eigenvalue weighted by Gasteiger charge is -1.90. The van der Waals surface area contributed by atoms with Crippen molar-refractivity contribution in [3.05, 3.63) is 0 Å². The summed E-state index contributed by atoms with van der Waals surface area (Å²) in [6.45, 7) is 0. The van der Waals surface area contributed by atoms with E-state index in [2.05, 4.69) is 0 Å². The zero-order chi connectivity index (χ0) is 3.58. The highest BCUT2D eigenvalue weighted by Gasteiger charge is 1.58. The molecule has 0 spiro atoms. The monoisotopic (exact) mass is 235 g/mol. The Labute approximate surface area is 86.6 Å². The van der Waals surface area contributed by atoms with Crippen molar-refractivity contribution in [3.63, 3.8) is 0 Å². The maximum atomic E-state index is 2.00. The van der Waals surface area contributed by atoms with Gasteiger partial charge in [0.2, 0.25) is 0 Å². The summed E-state index contributed by atoms with van der Waals surface area (Å²) in [4.78, 5) is 2.00. The van der Waals surface area contributed by atoms with Crippen molar-refractivity contribution in [1.29, 1.82) is 0 Å². The van der Waals surface area contributed by atoms with E-state index < -0.39 is 0 Å². The second kappa shape index (κ2) is 34.5. The van der Waals surface area contributed by atoms with Crippen LogP contribution in [0.5, 0.6) is 0 Å². The Kier molecular flexibility index (Phi) is 184. The van der Waals surface area contributed by atoms with Crippen molar-refractivity contribution < 1.29 is 0 Å². The molecule has 66 valence electrons. The fourth-order valence-corrected chi connectivity index (χ4v) is 0. The summed E-state index contributed by atoms with van der Waals surface area (Å²) in [5, 5.41) is 0. The van der Waals surface area contributed by atoms with Crippen LogP contribution in [-0.4, -0.2) is 37.0 Å². The van der Waals surface area contributed by atoms with Crippen molar-refractivity contribution in [2.45, 2.75) is 0 Å². The van der Waals surface area contributed by atoms with E-state index >= 15 is 0 Å². The summed E-state index contributed by atoms with van der Waals surface area (Å²) in [6.07, 6.45) is 0. The van der Waals surface area contributed by atoms with Gasteiger partial charge in [-0.2, -0.15) is 0 Å². The number of nitrogens with zero attached hydrogens (tertiary/aromatic N) is 1. The SMILES string of the molecule is CN(C)C.Cl.Cl.Cl.Cl.[SiH4]. The number of halogens is 4. The van der Waals surface area contributed by atoms with Crippen LogP contribution in [0.3, 0.4) is 0 Å². The first-order chi connectivity index (χ1) is 1.73. The second-order valence-corrected chi connectivity index (χ2v) is 1.34. The maximum absolute atomic E-state index is 2.00. The highest BCUT2D eigenvalue weighted by molar-refractivity contribution is 5.86. The van der Waals surface area contributed by atoms with Crippen LogP contribution in [-0.2, 0) is 0 Å². The van der Waals surface area contributed by atoms with Crippen LogP contribution in [0.15, 0.2) is 0 Å². The lowest BCUT2D eigenvalue weighted by atomic mass is 11.0. The molecule has 0 radical (unpaired) electrons. The third kappa shape index (κ3) is 281. The molecule has 0 aromatic rings. The molecule has 1 nitrogen and oxygen atoms in total. The van der Waals surface area contributed by atoms with E-state index in [4.69, 9.17) is 0 Å². The van der Waals surface area contributed by atoms with Gasteiger partial charge in [-0.05, 0) is 32.1 Å². The summed E-state index contributed by atoms with van der Waals surface area (Å²) < 4.78 is 0. The molecule has 0 unspecified atom stereocenters. The third-order valence-electron chi connectivity index (χ3n) is 0. The molecule has 0 fully saturated rings. The van der Waals surface area contributed by atoms with Crippen LogP contribution < -0.4 is 0 Å². The van der Waals surface area contributed by atoms with Crippen molar-refractivity contribution >= 4 is 60.6 Å². The standard InChI is InChI=1S/C3H9N.4ClH.H4Si/c1-4(2)3;;;;;/h1-3H3;4*1H;1H4. The van der Waals surface area contributed by atoms with Gasteiger partial charge in [0, 0.05) is 0 Å². The predicted molar refractivity (Wildman–Crippen MR) is 59.9 cm³/mol. The first kappa shape index (κ1) is 47.9. The smallest absolute Gasteiger partial charge is 0.0140 e. The van der Waals surface area contributed by atoms with Crippen LogP contribution in [0.25, 0.3) is 0 Å². The molecule has 0 rings (SSSR count). The molecule has 0 bridgehead atoms. The molecule has 6 heteroatoms. The average Bonchev–Trinajstić information content (AvgIpc) is 0.811. The minimum Gasteiger partial charge on any atom is -0.312 e. The first-order valence-corrected chi connectivity index (χ1v) is 1.34. The molecule has 0 aromatic carbocycles. The Morgan fingerprint density at radius 3 is 0.667 bits per heavy atom. The molecule has 0 heterocycles. The van der Waals surface area contributed by atoms with Crippen LogP contribution in [0.2, 0.25) is 0 Å². The molecular formula is C3H17Cl4NSi. The van der Waals surface area contributed by atoms with Crippen LogP contribution in [0.1, 0.15) is 0 Å². The van der Waals surface area contributed by atoms with E-state index in [1.54, 1.807) is 0 Å². The Morgan fingerprint density at radius 1 is 0.667 bits per heavy atom. The summed E-state index contributed by atoms with van der Waals surface area (Å²) in [5.74, 6) is 0. The predicted octanol–water partition coefficient (Wildman–Crippen LogP) is 0.413. The molecule has 0 N–H and O–H groups in total. The van der Waals surface area contributed by atoms with Crippen molar-refractivity contribution in [2.24, 2.45) is 0 Å². The molecule has 0 saturated heterocycles. The van der Waals surface area contributed by atoms with Gasteiger partial charge < -0.3 is 4.90 Å². The third-order valence-corrected chi connectivity index (χ3v) is 0. The lowest BCUT2D eigenvalue weighted by Crippen LogP contribution is -1.99. The quantitative estimate of drug-likeness (QED) is 0.552. The van der Waals surface area contributed by atoms with Crippen molar-refractivity contribution in [1.82, 2.24) is 4.90 Å². The topological polar surface area (TPSA) is 3.24 Å². The zero-order valence-electron chi connectivity index (χ0n) is 5.08. The van der Waals surface area contributed by atoms with E-state index in [9.17, 15) is 0 Å². The average molecular weight is 237 g/mol. The van der Waals surface area contributed by atoms with Gasteiger partial charge in [0.15, 0.2) is 0 Å². The van der Waals surface area contributed by atoms with E-state index in [1.165, 1.54) is 0 Å². The van der Waals surface area contributed by atoms with Gasteiger partial charge in [0.05, 0.1) is 0 Å². The lowest BCUT2D eigenvalue weighted by molar-refractivity contribution is 0.505. The molecule has 0 atom stereocenters. The van der Waals surface area contributed by atoms with Crippen LogP contribution in [0, 0.1) is 0 Å². The summed E-state index contributed by atoms with van der Waals surface area (Å²) in [5.41, 5.74) is 0. The highest BCUT2D eigenvalue weighted by atomic mass is 35.5. The minimum absolute atomic E-state index is 0. The van der Waals surface area contributed by atoms with E-state index in [1.807, 2.05) is 26.0 Å². The van der Waals surface area contributed by atoms with Gasteiger partial charge in [-0.25, -0.2) is 0 Å². The van der Waals surface area contributed by atoms with Gasteiger partial charge in [-0.3, -0.25) is 0 Å². The fourth-order valence-electron chi connectivity index (χ4n) is 0. The molecule has 0 aromatic heterocycles. The second-order valence-electron chi connectivity index (χ2n) is 1.34. The molecule has 0 aliphatic heterocycles. The Bertz CT molecular complexity index is 20.5. The highest BCUT2D eigenvalue weighted by Crippen LogP contribution is 1.47.